The molecular formula is C30H58NaO3. The quantitative estimate of drug-likeness (QED) is 0.0570. The minimum atomic E-state index is -0.164. The molecule has 0 saturated heterocycles. The van der Waals surface area contributed by atoms with E-state index in [2.05, 4.69) is 26.0 Å². The average molecular weight is 490 g/mol. The number of hydrogen-bond acceptors (Lipinski definition) is 3. The van der Waals surface area contributed by atoms with Crippen molar-refractivity contribution >= 4 is 35.5 Å². The second-order valence-corrected chi connectivity index (χ2v) is 9.92. The number of rotatable bonds is 26. The molecule has 1 atom stereocenters. The Bertz CT molecular complexity index is 425. The van der Waals surface area contributed by atoms with Crippen LogP contribution < -0.4 is 0 Å². The molecule has 0 aliphatic heterocycles. The minimum Gasteiger partial charge on any atom is -0.466 e. The largest absolute Gasteiger partial charge is 0.466 e. The van der Waals surface area contributed by atoms with Gasteiger partial charge in [0.2, 0.25) is 0 Å². The molecule has 0 aromatic carbocycles. The van der Waals surface area contributed by atoms with Gasteiger partial charge in [0, 0.05) is 36.0 Å². The Kier molecular flexibility index (Phi) is 33.3. The first-order valence-electron chi connectivity index (χ1n) is 14.7. The molecular weight excluding hydrogens is 431 g/mol. The van der Waals surface area contributed by atoms with Crippen molar-refractivity contribution in [3.05, 3.63) is 12.2 Å². The number of aliphatic hydroxyl groups is 1. The number of ether oxygens (including phenoxy) is 1. The van der Waals surface area contributed by atoms with Crippen molar-refractivity contribution < 1.29 is 14.6 Å². The summed E-state index contributed by atoms with van der Waals surface area (Å²) in [6, 6.07) is 0. The van der Waals surface area contributed by atoms with Gasteiger partial charge >= 0.3 is 5.97 Å². The number of esters is 1. The van der Waals surface area contributed by atoms with Crippen LogP contribution in [0.3, 0.4) is 0 Å². The molecule has 0 aromatic heterocycles. The molecule has 0 aliphatic rings. The predicted octanol–water partition coefficient (Wildman–Crippen LogP) is 9.08. The van der Waals surface area contributed by atoms with E-state index >= 15 is 0 Å². The molecule has 0 fully saturated rings. The third-order valence-electron chi connectivity index (χ3n) is 6.48. The van der Waals surface area contributed by atoms with E-state index in [1.807, 2.05) is 0 Å². The van der Waals surface area contributed by atoms with E-state index in [9.17, 15) is 9.90 Å². The molecule has 0 rings (SSSR count). The zero-order chi connectivity index (χ0) is 24.2. The minimum absolute atomic E-state index is 0. The van der Waals surface area contributed by atoms with Gasteiger partial charge in [-0.15, -0.1) is 0 Å². The van der Waals surface area contributed by atoms with Gasteiger partial charge in [0.15, 0.2) is 0 Å². The van der Waals surface area contributed by atoms with Gasteiger partial charge in [-0.05, 0) is 38.5 Å². The molecule has 3 nitrogen and oxygen atoms in total. The van der Waals surface area contributed by atoms with Gasteiger partial charge in [0.1, 0.15) is 0 Å². The van der Waals surface area contributed by atoms with Crippen molar-refractivity contribution in [1.82, 2.24) is 0 Å². The van der Waals surface area contributed by atoms with Gasteiger partial charge in [-0.1, -0.05) is 129 Å². The second kappa shape index (κ2) is 31.2. The number of unbranched alkanes of at least 4 members (excludes halogenated alkanes) is 17. The molecule has 34 heavy (non-hydrogen) atoms. The Balaban J connectivity index is 0. The molecule has 0 heterocycles. The van der Waals surface area contributed by atoms with Crippen LogP contribution in [0.2, 0.25) is 0 Å². The maximum absolute atomic E-state index is 11.8. The third-order valence-corrected chi connectivity index (χ3v) is 6.48. The van der Waals surface area contributed by atoms with Gasteiger partial charge in [-0.3, -0.25) is 4.79 Å². The zero-order valence-electron chi connectivity index (χ0n) is 23.5. The van der Waals surface area contributed by atoms with Crippen molar-refractivity contribution in [1.29, 1.82) is 0 Å². The molecule has 0 spiro atoms. The molecule has 1 radical (unpaired) electrons. The standard InChI is InChI=1S/C30H58O3.Na/c1-3-5-7-9-10-11-14-17-20-24-28-33-30(32)27-23-19-16-13-12-15-18-22-26-29(31)25-21-8-6-4-2;/h18,22,29,31H,3-17,19-21,23-28H2,1-2H3;/b22-18-;/t29-;/m1./s1. The molecule has 0 aliphatic carbocycles. The molecule has 0 bridgehead atoms. The summed E-state index contributed by atoms with van der Waals surface area (Å²) in [5.74, 6) is -0.0119. The fraction of sp³-hybridized carbons (Fsp3) is 0.900. The van der Waals surface area contributed by atoms with E-state index in [-0.39, 0.29) is 41.6 Å². The van der Waals surface area contributed by atoms with Crippen LogP contribution in [0.5, 0.6) is 0 Å². The summed E-state index contributed by atoms with van der Waals surface area (Å²) in [5.41, 5.74) is 0. The second-order valence-electron chi connectivity index (χ2n) is 9.92. The summed E-state index contributed by atoms with van der Waals surface area (Å²) >= 11 is 0. The maximum Gasteiger partial charge on any atom is 0.305 e. The van der Waals surface area contributed by atoms with Gasteiger partial charge in [0.05, 0.1) is 12.7 Å². The topological polar surface area (TPSA) is 46.5 Å². The normalized spacial score (nSPS) is 12.1. The number of carbonyl (C=O) groups is 1. The van der Waals surface area contributed by atoms with Crippen LogP contribution in [-0.2, 0) is 9.53 Å². The van der Waals surface area contributed by atoms with Crippen LogP contribution in [-0.4, -0.2) is 53.3 Å². The fourth-order valence-electron chi connectivity index (χ4n) is 4.21. The smallest absolute Gasteiger partial charge is 0.305 e. The molecule has 197 valence electrons. The van der Waals surface area contributed by atoms with E-state index < -0.39 is 0 Å². The first-order valence-corrected chi connectivity index (χ1v) is 14.7. The monoisotopic (exact) mass is 489 g/mol. The van der Waals surface area contributed by atoms with Crippen molar-refractivity contribution in [2.75, 3.05) is 6.61 Å². The number of aliphatic hydroxyl groups excluding tert-OH is 1. The Morgan fingerprint density at radius 3 is 1.79 bits per heavy atom. The van der Waals surface area contributed by atoms with E-state index in [0.29, 0.717) is 13.0 Å². The van der Waals surface area contributed by atoms with Crippen LogP contribution >= 0.6 is 0 Å². The van der Waals surface area contributed by atoms with Gasteiger partial charge < -0.3 is 9.84 Å². The molecule has 0 unspecified atom stereocenters. The predicted molar refractivity (Wildman–Crippen MR) is 149 cm³/mol. The molecule has 0 aromatic rings. The average Bonchev–Trinajstić information content (AvgIpc) is 2.81. The van der Waals surface area contributed by atoms with Gasteiger partial charge in [0.25, 0.3) is 0 Å². The zero-order valence-corrected chi connectivity index (χ0v) is 25.5. The summed E-state index contributed by atoms with van der Waals surface area (Å²) in [6.07, 6.45) is 31.3. The maximum atomic E-state index is 11.8. The summed E-state index contributed by atoms with van der Waals surface area (Å²) in [7, 11) is 0. The van der Waals surface area contributed by atoms with Crippen LogP contribution in [0.1, 0.15) is 162 Å². The fourth-order valence-corrected chi connectivity index (χ4v) is 4.21. The Morgan fingerprint density at radius 1 is 0.676 bits per heavy atom. The molecule has 0 saturated carbocycles. The third kappa shape index (κ3) is 30.2. The molecule has 4 heteroatoms. The molecule has 0 amide bonds. The van der Waals surface area contributed by atoms with Crippen LogP contribution in [0.4, 0.5) is 0 Å². The number of carbonyl (C=O) groups excluding carboxylic acids is 1. The Labute approximate surface area is 235 Å². The Morgan fingerprint density at radius 2 is 1.18 bits per heavy atom. The Hall–Kier alpha value is 0.170. The van der Waals surface area contributed by atoms with Crippen LogP contribution in [0.15, 0.2) is 12.2 Å². The van der Waals surface area contributed by atoms with Crippen LogP contribution in [0.25, 0.3) is 0 Å². The SMILES string of the molecule is CCCCCCCCCCCCOC(=O)CCCCCCC/C=C\C[C@H](O)CCCCCC.[Na]. The van der Waals surface area contributed by atoms with Crippen molar-refractivity contribution in [3.8, 4) is 0 Å². The van der Waals surface area contributed by atoms with Gasteiger partial charge in [-0.2, -0.15) is 0 Å². The van der Waals surface area contributed by atoms with Crippen molar-refractivity contribution in [2.24, 2.45) is 0 Å². The van der Waals surface area contributed by atoms with E-state index in [1.165, 1.54) is 96.3 Å². The number of allylic oxidation sites excluding steroid dienone is 1. The van der Waals surface area contributed by atoms with E-state index in [0.717, 1.165) is 44.9 Å². The summed E-state index contributed by atoms with van der Waals surface area (Å²) < 4.78 is 5.37. The summed E-state index contributed by atoms with van der Waals surface area (Å²) in [5, 5.41) is 9.95. The van der Waals surface area contributed by atoms with Crippen LogP contribution in [0, 0.1) is 0 Å². The summed E-state index contributed by atoms with van der Waals surface area (Å²) in [6.45, 7) is 5.09. The van der Waals surface area contributed by atoms with Crippen molar-refractivity contribution in [2.45, 2.75) is 168 Å². The molecule has 1 N–H and O–H groups in total. The number of hydrogen-bond donors (Lipinski definition) is 1. The first-order chi connectivity index (χ1) is 16.2. The van der Waals surface area contributed by atoms with Crippen molar-refractivity contribution in [3.63, 3.8) is 0 Å². The van der Waals surface area contributed by atoms with E-state index in [1.54, 1.807) is 0 Å². The van der Waals surface area contributed by atoms with E-state index in [4.69, 9.17) is 4.74 Å². The summed E-state index contributed by atoms with van der Waals surface area (Å²) in [4.78, 5) is 11.8. The first kappa shape index (κ1) is 36.3. The van der Waals surface area contributed by atoms with Gasteiger partial charge in [-0.25, -0.2) is 0 Å².